The molecule has 5 nitrogen and oxygen atoms in total. The lowest BCUT2D eigenvalue weighted by molar-refractivity contribution is 0.0950. The number of nitrogens with one attached hydrogen (secondary N) is 2. The van der Waals surface area contributed by atoms with Crippen LogP contribution < -0.4 is 5.32 Å². The van der Waals surface area contributed by atoms with Crippen molar-refractivity contribution in [3.63, 3.8) is 0 Å². The maximum Gasteiger partial charge on any atom is 0.251 e. The number of H-pyrrole nitrogens is 1. The first-order valence-electron chi connectivity index (χ1n) is 10.2. The molecule has 8 heteroatoms. The monoisotopic (exact) mass is 462 g/mol. The topological polar surface area (TPSA) is 70.7 Å². The maximum absolute atomic E-state index is 14.8. The number of carbonyl (C=O) groups is 1. The van der Waals surface area contributed by atoms with Gasteiger partial charge in [0, 0.05) is 53.1 Å². The molecule has 0 aliphatic rings. The molecule has 5 rings (SSSR count). The molecule has 164 valence electrons. The van der Waals surface area contributed by atoms with E-state index in [1.165, 1.54) is 18.5 Å². The van der Waals surface area contributed by atoms with Gasteiger partial charge in [-0.15, -0.1) is 0 Å². The van der Waals surface area contributed by atoms with Gasteiger partial charge in [-0.2, -0.15) is 0 Å². The van der Waals surface area contributed by atoms with Crippen molar-refractivity contribution in [2.75, 3.05) is 0 Å². The molecule has 0 spiro atoms. The van der Waals surface area contributed by atoms with Gasteiger partial charge in [-0.1, -0.05) is 23.7 Å². The molecule has 0 unspecified atom stereocenters. The van der Waals surface area contributed by atoms with Gasteiger partial charge >= 0.3 is 0 Å². The van der Waals surface area contributed by atoms with Gasteiger partial charge in [0.15, 0.2) is 0 Å². The van der Waals surface area contributed by atoms with Gasteiger partial charge in [0.05, 0.1) is 22.1 Å². The number of rotatable bonds is 5. The van der Waals surface area contributed by atoms with Crippen LogP contribution in [-0.4, -0.2) is 20.9 Å². The SMILES string of the molecule is O=C(NCc1ccc2[nH]cc(Cl)c2c1F)c1ccnc(Cc2ccc3ncc(F)cc3c2)c1. The molecule has 0 saturated heterocycles. The number of pyridine rings is 2. The van der Waals surface area contributed by atoms with Crippen LogP contribution in [0.2, 0.25) is 5.02 Å². The summed E-state index contributed by atoms with van der Waals surface area (Å²) in [5, 5.41) is 4.04. The minimum Gasteiger partial charge on any atom is -0.360 e. The van der Waals surface area contributed by atoms with Crippen LogP contribution in [-0.2, 0) is 13.0 Å². The molecule has 0 fully saturated rings. The molecule has 1 amide bonds. The molecular formula is C25H17ClF2N4O. The second-order valence-corrected chi connectivity index (χ2v) is 8.08. The lowest BCUT2D eigenvalue weighted by Crippen LogP contribution is -2.23. The maximum atomic E-state index is 14.8. The summed E-state index contributed by atoms with van der Waals surface area (Å²) in [4.78, 5) is 24.0. The number of nitrogens with zero attached hydrogens (tertiary/aromatic N) is 2. The van der Waals surface area contributed by atoms with Crippen molar-refractivity contribution in [1.29, 1.82) is 0 Å². The van der Waals surface area contributed by atoms with E-state index in [2.05, 4.69) is 20.3 Å². The predicted octanol–water partition coefficient (Wildman–Crippen LogP) is 5.56. The minimum absolute atomic E-state index is 0.0169. The summed E-state index contributed by atoms with van der Waals surface area (Å²) in [7, 11) is 0. The Bertz CT molecular complexity index is 1520. The summed E-state index contributed by atoms with van der Waals surface area (Å²) < 4.78 is 28.3. The van der Waals surface area contributed by atoms with Gasteiger partial charge in [-0.3, -0.25) is 14.8 Å². The quantitative estimate of drug-likeness (QED) is 0.359. The highest BCUT2D eigenvalue weighted by Gasteiger charge is 2.14. The van der Waals surface area contributed by atoms with Gasteiger partial charge in [0.1, 0.15) is 11.6 Å². The van der Waals surface area contributed by atoms with E-state index in [0.717, 1.165) is 5.56 Å². The zero-order valence-electron chi connectivity index (χ0n) is 17.2. The number of hydrogen-bond donors (Lipinski definition) is 2. The van der Waals surface area contributed by atoms with Crippen molar-refractivity contribution in [1.82, 2.24) is 20.3 Å². The van der Waals surface area contributed by atoms with Crippen LogP contribution >= 0.6 is 11.6 Å². The molecule has 0 radical (unpaired) electrons. The van der Waals surface area contributed by atoms with Crippen LogP contribution in [0, 0.1) is 11.6 Å². The molecule has 2 aromatic carbocycles. The Hall–Kier alpha value is -3.84. The van der Waals surface area contributed by atoms with E-state index >= 15 is 0 Å². The van der Waals surface area contributed by atoms with Crippen LogP contribution in [0.5, 0.6) is 0 Å². The van der Waals surface area contributed by atoms with E-state index in [0.29, 0.717) is 50.1 Å². The highest BCUT2D eigenvalue weighted by atomic mass is 35.5. The van der Waals surface area contributed by atoms with E-state index in [9.17, 15) is 13.6 Å². The zero-order valence-corrected chi connectivity index (χ0v) is 18.0. The zero-order chi connectivity index (χ0) is 22.9. The third-order valence-electron chi connectivity index (χ3n) is 5.43. The summed E-state index contributed by atoms with van der Waals surface area (Å²) >= 11 is 6.04. The Labute approximate surface area is 192 Å². The molecule has 2 N–H and O–H groups in total. The molecule has 0 atom stereocenters. The van der Waals surface area contributed by atoms with Crippen molar-refractivity contribution in [3.8, 4) is 0 Å². The summed E-state index contributed by atoms with van der Waals surface area (Å²) in [5.74, 6) is -1.20. The van der Waals surface area contributed by atoms with Gasteiger partial charge in [0.2, 0.25) is 0 Å². The smallest absolute Gasteiger partial charge is 0.251 e. The lowest BCUT2D eigenvalue weighted by Gasteiger charge is -2.09. The molecule has 0 aliphatic heterocycles. The third-order valence-corrected chi connectivity index (χ3v) is 5.73. The Morgan fingerprint density at radius 1 is 1.06 bits per heavy atom. The van der Waals surface area contributed by atoms with Crippen LogP contribution in [0.1, 0.15) is 27.2 Å². The predicted molar refractivity (Wildman–Crippen MR) is 123 cm³/mol. The van der Waals surface area contributed by atoms with Crippen molar-refractivity contribution < 1.29 is 13.6 Å². The van der Waals surface area contributed by atoms with Crippen molar-refractivity contribution in [2.24, 2.45) is 0 Å². The van der Waals surface area contributed by atoms with Crippen LogP contribution in [0.25, 0.3) is 21.8 Å². The number of fused-ring (bicyclic) bond motifs is 2. The van der Waals surface area contributed by atoms with Gasteiger partial charge in [0.25, 0.3) is 5.91 Å². The molecule has 3 heterocycles. The minimum atomic E-state index is -0.461. The summed E-state index contributed by atoms with van der Waals surface area (Å²) in [6.07, 6.45) is 4.73. The fourth-order valence-corrected chi connectivity index (χ4v) is 4.03. The highest BCUT2D eigenvalue weighted by Crippen LogP contribution is 2.27. The van der Waals surface area contributed by atoms with Gasteiger partial charge in [-0.25, -0.2) is 8.78 Å². The van der Waals surface area contributed by atoms with Crippen LogP contribution in [0.15, 0.2) is 67.1 Å². The Morgan fingerprint density at radius 2 is 1.94 bits per heavy atom. The molecule has 0 saturated carbocycles. The lowest BCUT2D eigenvalue weighted by atomic mass is 10.0. The van der Waals surface area contributed by atoms with Crippen LogP contribution in [0.4, 0.5) is 8.78 Å². The van der Waals surface area contributed by atoms with Crippen LogP contribution in [0.3, 0.4) is 0 Å². The average Bonchev–Trinajstić information content (AvgIpc) is 3.19. The first-order valence-corrected chi connectivity index (χ1v) is 10.6. The van der Waals surface area contributed by atoms with Crippen molar-refractivity contribution in [2.45, 2.75) is 13.0 Å². The number of carbonyl (C=O) groups excluding carboxylic acids is 1. The summed E-state index contributed by atoms with van der Waals surface area (Å²) in [6.45, 7) is 0.0169. The molecular weight excluding hydrogens is 446 g/mol. The second-order valence-electron chi connectivity index (χ2n) is 7.67. The molecule has 3 aromatic heterocycles. The van der Waals surface area contributed by atoms with E-state index in [1.54, 1.807) is 30.5 Å². The standard InChI is InChI=1S/C25H17ClF2N4O/c26-20-13-31-22-4-2-16(24(28)23(20)22)11-32-25(33)15-5-6-29-19(10-15)8-14-1-3-21-17(7-14)9-18(27)12-30-21/h1-7,9-10,12-13,31H,8,11H2,(H,32,33). The Balaban J connectivity index is 1.31. The highest BCUT2D eigenvalue weighted by molar-refractivity contribution is 6.35. The Kier molecular flexibility index (Phi) is 5.48. The fraction of sp³-hybridized carbons (Fsp3) is 0.0800. The van der Waals surface area contributed by atoms with Gasteiger partial charge in [-0.05, 0) is 42.0 Å². The Morgan fingerprint density at radius 3 is 2.82 bits per heavy atom. The van der Waals surface area contributed by atoms with Gasteiger partial charge < -0.3 is 10.3 Å². The largest absolute Gasteiger partial charge is 0.360 e. The van der Waals surface area contributed by atoms with E-state index in [-0.39, 0.29) is 12.5 Å². The third kappa shape index (κ3) is 4.27. The first-order chi connectivity index (χ1) is 16.0. The summed E-state index contributed by atoms with van der Waals surface area (Å²) in [6, 6.07) is 13.6. The van der Waals surface area contributed by atoms with E-state index in [1.807, 2.05) is 18.2 Å². The average molecular weight is 463 g/mol. The van der Waals surface area contributed by atoms with Crippen molar-refractivity contribution >= 4 is 39.3 Å². The number of amides is 1. The molecule has 0 aliphatic carbocycles. The fourth-order valence-electron chi connectivity index (χ4n) is 3.79. The van der Waals surface area contributed by atoms with E-state index < -0.39 is 11.6 Å². The summed E-state index contributed by atoms with van der Waals surface area (Å²) in [5.41, 5.74) is 3.64. The number of hydrogen-bond acceptors (Lipinski definition) is 3. The second kappa shape index (κ2) is 8.60. The molecule has 0 bridgehead atoms. The number of halogens is 3. The molecule has 33 heavy (non-hydrogen) atoms. The van der Waals surface area contributed by atoms with Crippen molar-refractivity contribution in [3.05, 3.63) is 106 Å². The number of aromatic nitrogens is 3. The molecule has 5 aromatic rings. The number of aromatic amines is 1. The number of benzene rings is 2. The van der Waals surface area contributed by atoms with E-state index in [4.69, 9.17) is 11.6 Å². The normalized spacial score (nSPS) is 11.2. The first kappa shape index (κ1) is 21.0.